The lowest BCUT2D eigenvalue weighted by atomic mass is 10.3. The minimum atomic E-state index is -0.730. The summed E-state index contributed by atoms with van der Waals surface area (Å²) in [5.74, 6) is -1.25. The highest BCUT2D eigenvalue weighted by atomic mass is 127. The molecule has 0 saturated carbocycles. The first kappa shape index (κ1) is 16.7. The number of aromatic nitrogens is 4. The minimum absolute atomic E-state index is 0.0457. The summed E-state index contributed by atoms with van der Waals surface area (Å²) < 4.78 is 28.4. The van der Waals surface area contributed by atoms with Gasteiger partial charge in [-0.05, 0) is 54.6 Å². The second-order valence-electron chi connectivity index (χ2n) is 5.26. The van der Waals surface area contributed by atoms with Crippen LogP contribution in [0.15, 0.2) is 18.2 Å². The molecular formula is C15H12F2IN5O. The van der Waals surface area contributed by atoms with Crippen LogP contribution < -0.4 is 5.32 Å². The number of rotatable bonds is 3. The molecule has 0 aliphatic heterocycles. The molecule has 1 amide bonds. The van der Waals surface area contributed by atoms with Crippen LogP contribution >= 0.6 is 22.6 Å². The maximum atomic E-state index is 13.5. The number of hydrogen-bond donors (Lipinski definition) is 1. The molecule has 124 valence electrons. The number of benzene rings is 1. The van der Waals surface area contributed by atoms with Crippen molar-refractivity contribution < 1.29 is 13.6 Å². The molecular weight excluding hydrogens is 431 g/mol. The summed E-state index contributed by atoms with van der Waals surface area (Å²) in [5, 5.41) is 6.65. The minimum Gasteiger partial charge on any atom is -0.325 e. The predicted octanol–water partition coefficient (Wildman–Crippen LogP) is 2.81. The molecule has 2 aromatic heterocycles. The Bertz CT molecular complexity index is 933. The highest BCUT2D eigenvalue weighted by Crippen LogP contribution is 2.20. The third-order valence-electron chi connectivity index (χ3n) is 3.25. The smallest absolute Gasteiger partial charge is 0.252 e. The first-order valence-electron chi connectivity index (χ1n) is 6.98. The van der Waals surface area contributed by atoms with E-state index >= 15 is 0 Å². The van der Waals surface area contributed by atoms with Gasteiger partial charge in [0.25, 0.3) is 5.78 Å². The summed E-state index contributed by atoms with van der Waals surface area (Å²) in [5.41, 5.74) is 1.69. The zero-order valence-corrected chi connectivity index (χ0v) is 14.9. The molecule has 0 spiro atoms. The van der Waals surface area contributed by atoms with Crippen LogP contribution in [0.4, 0.5) is 14.5 Å². The van der Waals surface area contributed by atoms with Gasteiger partial charge in [-0.15, -0.1) is 5.10 Å². The first-order valence-corrected chi connectivity index (χ1v) is 8.05. The Balaban J connectivity index is 1.79. The van der Waals surface area contributed by atoms with E-state index in [-0.39, 0.29) is 21.5 Å². The number of nitrogens with zero attached hydrogens (tertiary/aromatic N) is 4. The molecule has 0 aliphatic rings. The molecule has 3 rings (SSSR count). The van der Waals surface area contributed by atoms with Crippen LogP contribution in [0.5, 0.6) is 0 Å². The lowest BCUT2D eigenvalue weighted by molar-refractivity contribution is -0.115. The van der Waals surface area contributed by atoms with Crippen LogP contribution in [0.1, 0.15) is 17.2 Å². The molecule has 0 fully saturated rings. The average molecular weight is 443 g/mol. The van der Waals surface area contributed by atoms with Gasteiger partial charge in [0.15, 0.2) is 5.82 Å². The van der Waals surface area contributed by atoms with Crippen LogP contribution in [-0.2, 0) is 11.2 Å². The topological polar surface area (TPSA) is 72.2 Å². The summed E-state index contributed by atoms with van der Waals surface area (Å²) >= 11 is 1.56. The maximum Gasteiger partial charge on any atom is 0.252 e. The molecule has 24 heavy (non-hydrogen) atoms. The van der Waals surface area contributed by atoms with Crippen molar-refractivity contribution in [3.63, 3.8) is 0 Å². The number of fused-ring (bicyclic) bond motifs is 1. The van der Waals surface area contributed by atoms with E-state index in [9.17, 15) is 13.6 Å². The van der Waals surface area contributed by atoms with Crippen LogP contribution in [0.2, 0.25) is 0 Å². The Kier molecular flexibility index (Phi) is 4.43. The monoisotopic (exact) mass is 443 g/mol. The molecule has 2 heterocycles. The molecule has 9 heteroatoms. The van der Waals surface area contributed by atoms with Crippen molar-refractivity contribution >= 4 is 40.0 Å². The number of anilines is 1. The summed E-state index contributed by atoms with van der Waals surface area (Å²) in [4.78, 5) is 20.5. The Morgan fingerprint density at radius 1 is 1.21 bits per heavy atom. The van der Waals surface area contributed by atoms with Gasteiger partial charge in [0.2, 0.25) is 5.91 Å². The van der Waals surface area contributed by atoms with Gasteiger partial charge in [-0.3, -0.25) is 4.79 Å². The summed E-state index contributed by atoms with van der Waals surface area (Å²) in [6, 6.07) is 3.98. The van der Waals surface area contributed by atoms with E-state index in [1.54, 1.807) is 27.1 Å². The van der Waals surface area contributed by atoms with Gasteiger partial charge in [-0.25, -0.2) is 18.3 Å². The SMILES string of the molecule is Cc1cc(C)n2nc(CC(=O)Nc3cc(F)c(I)c(F)c3)nc2n1. The van der Waals surface area contributed by atoms with Gasteiger partial charge in [-0.1, -0.05) is 0 Å². The summed E-state index contributed by atoms with van der Waals surface area (Å²) in [6.45, 7) is 3.70. The number of carbonyl (C=O) groups excluding carboxylic acids is 1. The first-order chi connectivity index (χ1) is 11.3. The fraction of sp³-hybridized carbons (Fsp3) is 0.200. The number of aryl methyl sites for hydroxylation is 2. The zero-order valence-electron chi connectivity index (χ0n) is 12.8. The normalized spacial score (nSPS) is 11.0. The van der Waals surface area contributed by atoms with Crippen molar-refractivity contribution in [3.8, 4) is 0 Å². The lowest BCUT2D eigenvalue weighted by Gasteiger charge is -2.05. The summed E-state index contributed by atoms with van der Waals surface area (Å²) in [7, 11) is 0. The number of nitrogens with one attached hydrogen (secondary N) is 1. The van der Waals surface area contributed by atoms with Crippen LogP contribution in [-0.4, -0.2) is 25.5 Å². The molecule has 0 atom stereocenters. The van der Waals surface area contributed by atoms with E-state index in [1.165, 1.54) is 0 Å². The Hall–Kier alpha value is -2.17. The van der Waals surface area contributed by atoms with E-state index in [1.807, 2.05) is 19.9 Å². The van der Waals surface area contributed by atoms with Crippen molar-refractivity contribution in [3.05, 3.63) is 50.6 Å². The van der Waals surface area contributed by atoms with E-state index in [0.717, 1.165) is 23.5 Å². The molecule has 1 aromatic carbocycles. The second kappa shape index (κ2) is 6.38. The van der Waals surface area contributed by atoms with Crippen LogP contribution in [0, 0.1) is 29.1 Å². The zero-order chi connectivity index (χ0) is 17.4. The fourth-order valence-electron chi connectivity index (χ4n) is 2.26. The molecule has 0 bridgehead atoms. The second-order valence-corrected chi connectivity index (χ2v) is 6.34. The molecule has 3 aromatic rings. The summed E-state index contributed by atoms with van der Waals surface area (Å²) in [6.07, 6.45) is -0.128. The molecule has 0 unspecified atom stereocenters. The highest BCUT2D eigenvalue weighted by Gasteiger charge is 2.14. The van der Waals surface area contributed by atoms with Gasteiger partial charge in [-0.2, -0.15) is 4.98 Å². The fourth-order valence-corrected chi connectivity index (χ4v) is 2.57. The van der Waals surface area contributed by atoms with Gasteiger partial charge in [0, 0.05) is 17.1 Å². The molecule has 0 aliphatic carbocycles. The molecule has 0 saturated heterocycles. The van der Waals surface area contributed by atoms with Gasteiger partial charge in [0.05, 0.1) is 9.99 Å². The number of carbonyl (C=O) groups is 1. The number of halogens is 3. The predicted molar refractivity (Wildman–Crippen MR) is 91.7 cm³/mol. The van der Waals surface area contributed by atoms with E-state index in [0.29, 0.717) is 5.78 Å². The van der Waals surface area contributed by atoms with Crippen molar-refractivity contribution in [2.75, 3.05) is 5.32 Å². The van der Waals surface area contributed by atoms with Crippen LogP contribution in [0.3, 0.4) is 0 Å². The largest absolute Gasteiger partial charge is 0.325 e. The quantitative estimate of drug-likeness (QED) is 0.500. The van der Waals surface area contributed by atoms with E-state index in [4.69, 9.17) is 0 Å². The Morgan fingerprint density at radius 3 is 2.54 bits per heavy atom. The Labute approximate surface area is 149 Å². The molecule has 0 radical (unpaired) electrons. The third kappa shape index (κ3) is 3.35. The number of amides is 1. The van der Waals surface area contributed by atoms with Gasteiger partial charge in [0.1, 0.15) is 11.6 Å². The lowest BCUT2D eigenvalue weighted by Crippen LogP contribution is -2.16. The van der Waals surface area contributed by atoms with Crippen LogP contribution in [0.25, 0.3) is 5.78 Å². The van der Waals surface area contributed by atoms with E-state index < -0.39 is 17.5 Å². The average Bonchev–Trinajstić information content (AvgIpc) is 2.87. The third-order valence-corrected chi connectivity index (χ3v) is 4.28. The maximum absolute atomic E-state index is 13.5. The van der Waals surface area contributed by atoms with Crippen molar-refractivity contribution in [1.29, 1.82) is 0 Å². The number of hydrogen-bond acceptors (Lipinski definition) is 4. The van der Waals surface area contributed by atoms with E-state index in [2.05, 4.69) is 20.4 Å². The molecule has 6 nitrogen and oxygen atoms in total. The highest BCUT2D eigenvalue weighted by molar-refractivity contribution is 14.1. The van der Waals surface area contributed by atoms with Crippen molar-refractivity contribution in [1.82, 2.24) is 19.6 Å². The molecule has 1 N–H and O–H groups in total. The van der Waals surface area contributed by atoms with Gasteiger partial charge >= 0.3 is 0 Å². The Morgan fingerprint density at radius 2 is 1.88 bits per heavy atom. The van der Waals surface area contributed by atoms with Crippen molar-refractivity contribution in [2.45, 2.75) is 20.3 Å². The standard InChI is InChI=1S/C15H12F2IN5O/c1-7-3-8(2)23-15(19-7)21-12(22-23)6-13(24)20-9-4-10(16)14(18)11(17)5-9/h3-5H,6H2,1-2H3,(H,20,24). The van der Waals surface area contributed by atoms with Gasteiger partial charge < -0.3 is 5.32 Å². The van der Waals surface area contributed by atoms with Crippen molar-refractivity contribution in [2.24, 2.45) is 0 Å².